The molecule has 1 aromatic carbocycles. The van der Waals surface area contributed by atoms with Crippen LogP contribution < -0.4 is 4.74 Å². The number of hydrogen-bond donors (Lipinski definition) is 0. The topological polar surface area (TPSA) is 72.4 Å². The minimum Gasteiger partial charge on any atom is -0.473 e. The molecule has 25 heavy (non-hydrogen) atoms. The van der Waals surface area contributed by atoms with Crippen molar-refractivity contribution < 1.29 is 13.2 Å². The van der Waals surface area contributed by atoms with E-state index in [0.717, 1.165) is 18.4 Å². The zero-order chi connectivity index (χ0) is 17.9. The highest BCUT2D eigenvalue weighted by atomic mass is 35.5. The van der Waals surface area contributed by atoms with Crippen molar-refractivity contribution in [2.24, 2.45) is 0 Å². The molecule has 6 nitrogen and oxygen atoms in total. The van der Waals surface area contributed by atoms with Gasteiger partial charge in [0.15, 0.2) is 0 Å². The fourth-order valence-electron chi connectivity index (χ4n) is 2.81. The lowest BCUT2D eigenvalue weighted by Gasteiger charge is -2.31. The Kier molecular flexibility index (Phi) is 5.56. The number of rotatable bonds is 5. The molecule has 0 amide bonds. The van der Waals surface area contributed by atoms with Crippen molar-refractivity contribution in [3.8, 4) is 5.88 Å². The third-order valence-electron chi connectivity index (χ3n) is 4.03. The summed E-state index contributed by atoms with van der Waals surface area (Å²) < 4.78 is 32.8. The third kappa shape index (κ3) is 4.90. The van der Waals surface area contributed by atoms with E-state index in [9.17, 15) is 8.42 Å². The van der Waals surface area contributed by atoms with E-state index in [1.165, 1.54) is 4.31 Å². The van der Waals surface area contributed by atoms with E-state index in [4.69, 9.17) is 16.3 Å². The van der Waals surface area contributed by atoms with Gasteiger partial charge in [-0.3, -0.25) is 0 Å². The largest absolute Gasteiger partial charge is 0.473 e. The van der Waals surface area contributed by atoms with Crippen LogP contribution in [0.1, 0.15) is 24.2 Å². The fraction of sp³-hybridized carbons (Fsp3) is 0.412. The lowest BCUT2D eigenvalue weighted by molar-refractivity contribution is 0.124. The minimum absolute atomic E-state index is 0.0382. The van der Waals surface area contributed by atoms with Gasteiger partial charge in [0.05, 0.1) is 12.3 Å². The van der Waals surface area contributed by atoms with Crippen molar-refractivity contribution in [2.75, 3.05) is 13.1 Å². The normalized spacial score (nSPS) is 18.9. The summed E-state index contributed by atoms with van der Waals surface area (Å²) in [5.41, 5.74) is 0.721. The van der Waals surface area contributed by atoms with Gasteiger partial charge in [0.25, 0.3) is 0 Å². The number of nitrogens with zero attached hydrogens (tertiary/aromatic N) is 3. The quantitative estimate of drug-likeness (QED) is 0.796. The SMILES string of the molecule is Cc1nccc(OC2CCCN(S(=O)(=O)Cc3ccc(Cl)cc3)C2)n1. The molecule has 8 heteroatoms. The van der Waals surface area contributed by atoms with Gasteiger partial charge in [-0.1, -0.05) is 23.7 Å². The maximum Gasteiger partial charge on any atom is 0.218 e. The van der Waals surface area contributed by atoms with E-state index in [2.05, 4.69) is 9.97 Å². The van der Waals surface area contributed by atoms with Gasteiger partial charge >= 0.3 is 0 Å². The molecule has 134 valence electrons. The Labute approximate surface area is 152 Å². The van der Waals surface area contributed by atoms with Gasteiger partial charge in [-0.25, -0.2) is 13.4 Å². The molecule has 2 aromatic rings. The number of aromatic nitrogens is 2. The van der Waals surface area contributed by atoms with Crippen molar-refractivity contribution in [3.63, 3.8) is 0 Å². The fourth-order valence-corrected chi connectivity index (χ4v) is 4.53. The maximum absolute atomic E-state index is 12.7. The average molecular weight is 382 g/mol. The molecule has 1 aliphatic heterocycles. The first-order valence-corrected chi connectivity index (χ1v) is 10.1. The van der Waals surface area contributed by atoms with E-state index in [1.54, 1.807) is 43.5 Å². The Morgan fingerprint density at radius 2 is 2.04 bits per heavy atom. The van der Waals surface area contributed by atoms with E-state index in [-0.39, 0.29) is 11.9 Å². The Balaban J connectivity index is 1.66. The molecule has 1 unspecified atom stereocenters. The monoisotopic (exact) mass is 381 g/mol. The van der Waals surface area contributed by atoms with Crippen LogP contribution in [0.25, 0.3) is 0 Å². The van der Waals surface area contributed by atoms with Crippen LogP contribution in [0.3, 0.4) is 0 Å². The number of hydrogen-bond acceptors (Lipinski definition) is 5. The van der Waals surface area contributed by atoms with Crippen LogP contribution in [0.2, 0.25) is 5.02 Å². The van der Waals surface area contributed by atoms with E-state index < -0.39 is 10.0 Å². The molecule has 0 radical (unpaired) electrons. The first kappa shape index (κ1) is 18.1. The zero-order valence-corrected chi connectivity index (χ0v) is 15.5. The van der Waals surface area contributed by atoms with Crippen LogP contribution >= 0.6 is 11.6 Å². The lowest BCUT2D eigenvalue weighted by Crippen LogP contribution is -2.44. The van der Waals surface area contributed by atoms with Crippen LogP contribution in [0.4, 0.5) is 0 Å². The maximum atomic E-state index is 12.7. The minimum atomic E-state index is -3.41. The third-order valence-corrected chi connectivity index (χ3v) is 6.10. The molecule has 0 N–H and O–H groups in total. The van der Waals surface area contributed by atoms with Crippen molar-refractivity contribution in [3.05, 3.63) is 52.9 Å². The Morgan fingerprint density at radius 1 is 1.28 bits per heavy atom. The molecule has 0 saturated carbocycles. The summed E-state index contributed by atoms with van der Waals surface area (Å²) in [6.45, 7) is 2.63. The van der Waals surface area contributed by atoms with Crippen LogP contribution in [-0.2, 0) is 15.8 Å². The van der Waals surface area contributed by atoms with Gasteiger partial charge in [0.1, 0.15) is 11.9 Å². The summed E-state index contributed by atoms with van der Waals surface area (Å²) in [6, 6.07) is 8.56. The van der Waals surface area contributed by atoms with Gasteiger partial charge in [0.2, 0.25) is 15.9 Å². The summed E-state index contributed by atoms with van der Waals surface area (Å²) in [7, 11) is -3.41. The summed E-state index contributed by atoms with van der Waals surface area (Å²) in [5.74, 6) is 1.07. The van der Waals surface area contributed by atoms with Gasteiger partial charge in [-0.15, -0.1) is 0 Å². The number of halogens is 1. The summed E-state index contributed by atoms with van der Waals surface area (Å²) in [4.78, 5) is 8.25. The van der Waals surface area contributed by atoms with E-state index in [0.29, 0.717) is 29.8 Å². The van der Waals surface area contributed by atoms with Crippen LogP contribution in [-0.4, -0.2) is 41.9 Å². The highest BCUT2D eigenvalue weighted by molar-refractivity contribution is 7.88. The molecular formula is C17H20ClN3O3S. The molecule has 1 saturated heterocycles. The standard InChI is InChI=1S/C17H20ClN3O3S/c1-13-19-9-8-17(20-13)24-16-3-2-10-21(11-16)25(22,23)12-14-4-6-15(18)7-5-14/h4-9,16H,2-3,10-12H2,1H3. The molecule has 0 bridgehead atoms. The molecule has 0 aliphatic carbocycles. The summed E-state index contributed by atoms with van der Waals surface area (Å²) in [6.07, 6.45) is 2.99. The first-order valence-electron chi connectivity index (χ1n) is 8.11. The van der Waals surface area contributed by atoms with E-state index >= 15 is 0 Å². The molecule has 1 aliphatic rings. The van der Waals surface area contributed by atoms with E-state index in [1.807, 2.05) is 0 Å². The number of ether oxygens (including phenoxy) is 1. The van der Waals surface area contributed by atoms with Gasteiger partial charge in [0, 0.05) is 23.8 Å². The smallest absolute Gasteiger partial charge is 0.218 e. The Bertz CT molecular complexity index is 827. The van der Waals surface area contributed by atoms with Gasteiger partial charge < -0.3 is 4.74 Å². The Morgan fingerprint density at radius 3 is 2.76 bits per heavy atom. The lowest BCUT2D eigenvalue weighted by atomic mass is 10.1. The molecule has 3 rings (SSSR count). The second-order valence-corrected chi connectivity index (χ2v) is 8.47. The predicted octanol–water partition coefficient (Wildman–Crippen LogP) is 2.81. The van der Waals surface area contributed by atoms with Gasteiger partial charge in [-0.05, 0) is 37.5 Å². The van der Waals surface area contributed by atoms with Crippen LogP contribution in [0, 0.1) is 6.92 Å². The molecule has 0 spiro atoms. The predicted molar refractivity (Wildman–Crippen MR) is 96.1 cm³/mol. The summed E-state index contributed by atoms with van der Waals surface area (Å²) >= 11 is 5.85. The number of piperidine rings is 1. The zero-order valence-electron chi connectivity index (χ0n) is 13.9. The highest BCUT2D eigenvalue weighted by Gasteiger charge is 2.30. The van der Waals surface area contributed by atoms with Crippen molar-refractivity contribution in [1.82, 2.24) is 14.3 Å². The number of aryl methyl sites for hydroxylation is 1. The summed E-state index contributed by atoms with van der Waals surface area (Å²) in [5, 5.41) is 0.590. The first-order chi connectivity index (χ1) is 11.9. The van der Waals surface area contributed by atoms with Crippen molar-refractivity contribution in [2.45, 2.75) is 31.6 Å². The molecule has 2 heterocycles. The number of benzene rings is 1. The molecule has 1 fully saturated rings. The molecule has 1 aromatic heterocycles. The Hall–Kier alpha value is -1.70. The molecular weight excluding hydrogens is 362 g/mol. The number of sulfonamides is 1. The van der Waals surface area contributed by atoms with Crippen LogP contribution in [0.5, 0.6) is 5.88 Å². The van der Waals surface area contributed by atoms with Gasteiger partial charge in [-0.2, -0.15) is 9.29 Å². The van der Waals surface area contributed by atoms with Crippen LogP contribution in [0.15, 0.2) is 36.5 Å². The highest BCUT2D eigenvalue weighted by Crippen LogP contribution is 2.21. The second kappa shape index (κ2) is 7.68. The molecule has 1 atom stereocenters. The average Bonchev–Trinajstić information content (AvgIpc) is 2.57. The second-order valence-electron chi connectivity index (χ2n) is 6.06. The van der Waals surface area contributed by atoms with Crippen molar-refractivity contribution in [1.29, 1.82) is 0 Å². The van der Waals surface area contributed by atoms with Crippen molar-refractivity contribution >= 4 is 21.6 Å².